The standard InChI is InChI=1S/C9H20N2O2/c1-6(2)4-7(10)9(13)8(12)5-11-3/h6-7,9,11,13H,4-5,10H2,1-3H3/t7-,9?/m0/s1. The van der Waals surface area contributed by atoms with Gasteiger partial charge in [-0.15, -0.1) is 0 Å². The van der Waals surface area contributed by atoms with Gasteiger partial charge >= 0.3 is 0 Å². The number of rotatable bonds is 6. The van der Waals surface area contributed by atoms with Crippen LogP contribution in [0.25, 0.3) is 0 Å². The third kappa shape index (κ3) is 4.98. The van der Waals surface area contributed by atoms with E-state index in [1.807, 2.05) is 13.8 Å². The molecule has 0 fully saturated rings. The lowest BCUT2D eigenvalue weighted by atomic mass is 9.98. The van der Waals surface area contributed by atoms with Crippen LogP contribution in [-0.4, -0.2) is 36.6 Å². The highest BCUT2D eigenvalue weighted by Gasteiger charge is 2.22. The summed E-state index contributed by atoms with van der Waals surface area (Å²) in [6.07, 6.45) is -0.369. The van der Waals surface area contributed by atoms with Crippen LogP contribution >= 0.6 is 0 Å². The summed E-state index contributed by atoms with van der Waals surface area (Å²) in [5.41, 5.74) is 5.65. The molecule has 2 atom stereocenters. The van der Waals surface area contributed by atoms with Gasteiger partial charge in [0.05, 0.1) is 6.54 Å². The Labute approximate surface area is 79.5 Å². The first-order valence-electron chi connectivity index (χ1n) is 4.60. The van der Waals surface area contributed by atoms with E-state index in [1.54, 1.807) is 7.05 Å². The van der Waals surface area contributed by atoms with Gasteiger partial charge in [0.2, 0.25) is 0 Å². The molecular formula is C9H20N2O2. The zero-order valence-corrected chi connectivity index (χ0v) is 8.58. The summed E-state index contributed by atoms with van der Waals surface area (Å²) in [6.45, 7) is 4.19. The third-order valence-corrected chi connectivity index (χ3v) is 1.83. The van der Waals surface area contributed by atoms with Crippen molar-refractivity contribution in [3.63, 3.8) is 0 Å². The molecule has 0 aromatic heterocycles. The molecule has 0 aromatic rings. The van der Waals surface area contributed by atoms with E-state index in [9.17, 15) is 9.90 Å². The fourth-order valence-electron chi connectivity index (χ4n) is 1.19. The van der Waals surface area contributed by atoms with Crippen LogP contribution in [-0.2, 0) is 4.79 Å². The maximum absolute atomic E-state index is 11.2. The molecule has 0 aliphatic rings. The predicted octanol–water partition coefficient (Wildman–Crippen LogP) is -0.491. The van der Waals surface area contributed by atoms with Crippen LogP contribution in [0.3, 0.4) is 0 Å². The lowest BCUT2D eigenvalue weighted by Crippen LogP contribution is -2.44. The van der Waals surface area contributed by atoms with Crippen LogP contribution in [0.4, 0.5) is 0 Å². The van der Waals surface area contributed by atoms with Gasteiger partial charge in [-0.25, -0.2) is 0 Å². The Kier molecular flexibility index (Phi) is 5.86. The quantitative estimate of drug-likeness (QED) is 0.526. The summed E-state index contributed by atoms with van der Waals surface area (Å²) < 4.78 is 0. The number of hydrogen-bond donors (Lipinski definition) is 3. The van der Waals surface area contributed by atoms with Gasteiger partial charge in [-0.05, 0) is 19.4 Å². The second kappa shape index (κ2) is 6.07. The van der Waals surface area contributed by atoms with Gasteiger partial charge in [-0.1, -0.05) is 13.8 Å². The first-order chi connectivity index (χ1) is 5.99. The number of carbonyl (C=O) groups is 1. The number of nitrogens with two attached hydrogens (primary N) is 1. The van der Waals surface area contributed by atoms with Crippen LogP contribution in [0.2, 0.25) is 0 Å². The number of carbonyl (C=O) groups excluding carboxylic acids is 1. The van der Waals surface area contributed by atoms with Crippen molar-refractivity contribution in [2.24, 2.45) is 11.7 Å². The second-order valence-electron chi connectivity index (χ2n) is 3.73. The van der Waals surface area contributed by atoms with Gasteiger partial charge in [0.15, 0.2) is 5.78 Å². The molecule has 1 unspecified atom stereocenters. The highest BCUT2D eigenvalue weighted by atomic mass is 16.3. The Balaban J connectivity index is 3.93. The summed E-state index contributed by atoms with van der Waals surface area (Å²) in [7, 11) is 1.67. The molecule has 0 aromatic carbocycles. The molecule has 0 aliphatic carbocycles. The number of likely N-dealkylation sites (N-methyl/N-ethyl adjacent to an activating group) is 1. The minimum Gasteiger partial charge on any atom is -0.384 e. The molecule has 0 amide bonds. The number of Topliss-reactive ketones (excluding diaryl/α,β-unsaturated/α-hetero) is 1. The average Bonchev–Trinajstić information content (AvgIpc) is 2.02. The molecule has 0 spiro atoms. The molecule has 0 radical (unpaired) electrons. The topological polar surface area (TPSA) is 75.3 Å². The van der Waals surface area contributed by atoms with E-state index < -0.39 is 12.1 Å². The van der Waals surface area contributed by atoms with E-state index in [0.717, 1.165) is 0 Å². The van der Waals surface area contributed by atoms with Crippen LogP contribution in [0.15, 0.2) is 0 Å². The number of ketones is 1. The van der Waals surface area contributed by atoms with Gasteiger partial charge in [-0.3, -0.25) is 4.79 Å². The van der Waals surface area contributed by atoms with Crippen molar-refractivity contribution in [3.05, 3.63) is 0 Å². The van der Waals surface area contributed by atoms with Crippen molar-refractivity contribution >= 4 is 5.78 Å². The maximum atomic E-state index is 11.2. The number of hydrogen-bond acceptors (Lipinski definition) is 4. The van der Waals surface area contributed by atoms with Gasteiger partial charge in [-0.2, -0.15) is 0 Å². The van der Waals surface area contributed by atoms with E-state index in [-0.39, 0.29) is 12.3 Å². The van der Waals surface area contributed by atoms with Crippen molar-refractivity contribution in [1.29, 1.82) is 0 Å². The van der Waals surface area contributed by atoms with Crippen LogP contribution in [0.1, 0.15) is 20.3 Å². The normalized spacial score (nSPS) is 15.8. The molecular weight excluding hydrogens is 168 g/mol. The van der Waals surface area contributed by atoms with Crippen molar-refractivity contribution < 1.29 is 9.90 Å². The number of aliphatic hydroxyl groups excluding tert-OH is 1. The van der Waals surface area contributed by atoms with Gasteiger partial charge in [0, 0.05) is 6.04 Å². The highest BCUT2D eigenvalue weighted by molar-refractivity contribution is 5.85. The fraction of sp³-hybridized carbons (Fsp3) is 0.889. The molecule has 0 heterocycles. The maximum Gasteiger partial charge on any atom is 0.176 e. The molecule has 0 rings (SSSR count). The third-order valence-electron chi connectivity index (χ3n) is 1.83. The van der Waals surface area contributed by atoms with Crippen molar-refractivity contribution in [3.8, 4) is 0 Å². The van der Waals surface area contributed by atoms with E-state index in [1.165, 1.54) is 0 Å². The molecule has 0 saturated carbocycles. The Morgan fingerprint density at radius 2 is 2.08 bits per heavy atom. The smallest absolute Gasteiger partial charge is 0.176 e. The van der Waals surface area contributed by atoms with Crippen molar-refractivity contribution in [2.75, 3.05) is 13.6 Å². The molecule has 4 nitrogen and oxygen atoms in total. The fourth-order valence-corrected chi connectivity index (χ4v) is 1.19. The van der Waals surface area contributed by atoms with Gasteiger partial charge < -0.3 is 16.2 Å². The van der Waals surface area contributed by atoms with E-state index in [4.69, 9.17) is 5.73 Å². The summed E-state index contributed by atoms with van der Waals surface area (Å²) in [5.74, 6) is 0.155. The number of aliphatic hydroxyl groups is 1. The van der Waals surface area contributed by atoms with Gasteiger partial charge in [0.25, 0.3) is 0 Å². The van der Waals surface area contributed by atoms with E-state index in [0.29, 0.717) is 12.3 Å². The molecule has 4 N–H and O–H groups in total. The molecule has 13 heavy (non-hydrogen) atoms. The van der Waals surface area contributed by atoms with Crippen molar-refractivity contribution in [1.82, 2.24) is 5.32 Å². The molecule has 0 saturated heterocycles. The Morgan fingerprint density at radius 3 is 2.46 bits per heavy atom. The monoisotopic (exact) mass is 188 g/mol. The molecule has 4 heteroatoms. The molecule has 0 aliphatic heterocycles. The largest absolute Gasteiger partial charge is 0.384 e. The zero-order chi connectivity index (χ0) is 10.4. The van der Waals surface area contributed by atoms with Crippen LogP contribution in [0.5, 0.6) is 0 Å². The zero-order valence-electron chi connectivity index (χ0n) is 8.58. The lowest BCUT2D eigenvalue weighted by Gasteiger charge is -2.19. The summed E-state index contributed by atoms with van der Waals surface area (Å²) in [5, 5.41) is 12.1. The van der Waals surface area contributed by atoms with Crippen LogP contribution in [0, 0.1) is 5.92 Å². The Morgan fingerprint density at radius 1 is 1.54 bits per heavy atom. The Bertz CT molecular complexity index is 160. The minimum atomic E-state index is -1.03. The average molecular weight is 188 g/mol. The van der Waals surface area contributed by atoms with E-state index in [2.05, 4.69) is 5.32 Å². The lowest BCUT2D eigenvalue weighted by molar-refractivity contribution is -0.127. The molecule has 78 valence electrons. The summed E-state index contributed by atoms with van der Waals surface area (Å²) in [6, 6.07) is -0.444. The van der Waals surface area contributed by atoms with Gasteiger partial charge in [0.1, 0.15) is 6.10 Å². The highest BCUT2D eigenvalue weighted by Crippen LogP contribution is 2.06. The van der Waals surface area contributed by atoms with Crippen molar-refractivity contribution in [2.45, 2.75) is 32.4 Å². The summed E-state index contributed by atoms with van der Waals surface area (Å²) in [4.78, 5) is 11.2. The first-order valence-corrected chi connectivity index (χ1v) is 4.60. The predicted molar refractivity (Wildman–Crippen MR) is 52.4 cm³/mol. The first kappa shape index (κ1) is 12.6. The molecule has 0 bridgehead atoms. The summed E-state index contributed by atoms with van der Waals surface area (Å²) >= 11 is 0. The second-order valence-corrected chi connectivity index (χ2v) is 3.73. The van der Waals surface area contributed by atoms with E-state index >= 15 is 0 Å². The Hall–Kier alpha value is -0.450. The minimum absolute atomic E-state index is 0.174. The SMILES string of the molecule is CNCC(=O)C(O)[C@@H](N)CC(C)C. The number of nitrogens with one attached hydrogen (secondary N) is 1. The van der Waals surface area contributed by atoms with Crippen LogP contribution < -0.4 is 11.1 Å².